The molecule has 1 heterocycles. The number of amides is 1. The molecule has 6 nitrogen and oxygen atoms in total. The number of nitrogens with one attached hydrogen (secondary N) is 1. The molecule has 1 N–H and O–H groups in total. The molecule has 0 aliphatic carbocycles. The summed E-state index contributed by atoms with van der Waals surface area (Å²) in [7, 11) is -3.43. The third-order valence-electron chi connectivity index (χ3n) is 7.48. The van der Waals surface area contributed by atoms with Crippen LogP contribution in [0.5, 0.6) is 11.5 Å². The summed E-state index contributed by atoms with van der Waals surface area (Å²) in [6.45, 7) is 4.66. The fraction of sp³-hybridized carbons (Fsp3) is 0.323. The zero-order valence-electron chi connectivity index (χ0n) is 25.0. The maximum absolute atomic E-state index is 13.3. The first kappa shape index (κ1) is 35.4. The number of thiophene rings is 1. The van der Waals surface area contributed by atoms with Gasteiger partial charge in [-0.05, 0) is 84.5 Å². The summed E-state index contributed by atoms with van der Waals surface area (Å²) in [6, 6.07) is 14.2. The summed E-state index contributed by atoms with van der Waals surface area (Å²) >= 11 is 7.54. The molecular formula is C31H28ClF6NO5S2. The van der Waals surface area contributed by atoms with Crippen LogP contribution in [0.25, 0.3) is 10.1 Å². The van der Waals surface area contributed by atoms with E-state index in [-0.39, 0.29) is 16.3 Å². The topological polar surface area (TPSA) is 81.7 Å². The molecular weight excluding hydrogens is 680 g/mol. The van der Waals surface area contributed by atoms with E-state index in [0.29, 0.717) is 27.5 Å². The molecule has 0 aliphatic heterocycles. The fourth-order valence-corrected chi connectivity index (χ4v) is 6.23. The molecule has 4 rings (SSSR count). The van der Waals surface area contributed by atoms with Gasteiger partial charge in [0.1, 0.15) is 11.5 Å². The second-order valence-corrected chi connectivity index (χ2v) is 15.7. The van der Waals surface area contributed by atoms with Crippen molar-refractivity contribution in [3.05, 3.63) is 87.3 Å². The SMILES string of the molecule is CC(C)(c1cc(Cl)cc(NC(=O)c2cc3cc(C(C)(C)S(C)(=O)=O)ccc3s2)c1)c1cc(OCC(F)(F)F)cc(OC(F)(F)F)c1. The second-order valence-electron chi connectivity index (χ2n) is 11.6. The van der Waals surface area contributed by atoms with Gasteiger partial charge in [-0.15, -0.1) is 24.5 Å². The van der Waals surface area contributed by atoms with E-state index in [2.05, 4.69) is 10.1 Å². The van der Waals surface area contributed by atoms with Gasteiger partial charge in [-0.25, -0.2) is 8.42 Å². The van der Waals surface area contributed by atoms with E-state index in [4.69, 9.17) is 16.3 Å². The number of hydrogen-bond donors (Lipinski definition) is 1. The lowest BCUT2D eigenvalue weighted by Crippen LogP contribution is -2.27. The van der Waals surface area contributed by atoms with E-state index >= 15 is 0 Å². The van der Waals surface area contributed by atoms with E-state index < -0.39 is 56.6 Å². The summed E-state index contributed by atoms with van der Waals surface area (Å²) in [5.74, 6) is -1.77. The largest absolute Gasteiger partial charge is 0.573 e. The molecule has 3 aromatic carbocycles. The van der Waals surface area contributed by atoms with Crippen LogP contribution in [0.4, 0.5) is 32.0 Å². The minimum absolute atomic E-state index is 0.114. The average Bonchev–Trinajstić information content (AvgIpc) is 3.33. The molecule has 4 aromatic rings. The Balaban J connectivity index is 1.66. The number of carbonyl (C=O) groups excluding carboxylic acids is 1. The first-order valence-electron chi connectivity index (χ1n) is 13.4. The Bertz CT molecular complexity index is 1900. The first-order valence-corrected chi connectivity index (χ1v) is 16.5. The third kappa shape index (κ3) is 8.26. The Morgan fingerprint density at radius 1 is 0.848 bits per heavy atom. The van der Waals surface area contributed by atoms with Gasteiger partial charge in [-0.2, -0.15) is 13.2 Å². The summed E-state index contributed by atoms with van der Waals surface area (Å²) in [4.78, 5) is 13.6. The highest BCUT2D eigenvalue weighted by molar-refractivity contribution is 7.91. The van der Waals surface area contributed by atoms with Crippen molar-refractivity contribution >= 4 is 54.5 Å². The smallest absolute Gasteiger partial charge is 0.484 e. The van der Waals surface area contributed by atoms with Crippen LogP contribution in [0, 0.1) is 0 Å². The molecule has 15 heteroatoms. The van der Waals surface area contributed by atoms with Gasteiger partial charge >= 0.3 is 12.5 Å². The zero-order valence-corrected chi connectivity index (χ0v) is 27.4. The molecule has 1 aromatic heterocycles. The lowest BCUT2D eigenvalue weighted by atomic mass is 9.78. The highest BCUT2D eigenvalue weighted by Crippen LogP contribution is 2.40. The number of fused-ring (bicyclic) bond motifs is 1. The van der Waals surface area contributed by atoms with Crippen LogP contribution in [0.2, 0.25) is 5.02 Å². The second kappa shape index (κ2) is 12.3. The molecule has 46 heavy (non-hydrogen) atoms. The highest BCUT2D eigenvalue weighted by atomic mass is 35.5. The Labute approximate surface area is 270 Å². The Morgan fingerprint density at radius 3 is 2.09 bits per heavy atom. The minimum Gasteiger partial charge on any atom is -0.484 e. The van der Waals surface area contributed by atoms with E-state index in [0.717, 1.165) is 17.0 Å². The van der Waals surface area contributed by atoms with Crippen LogP contribution in [-0.2, 0) is 20.0 Å². The van der Waals surface area contributed by atoms with Gasteiger partial charge in [0.2, 0.25) is 0 Å². The number of ether oxygens (including phenoxy) is 2. The number of anilines is 1. The van der Waals surface area contributed by atoms with Crippen molar-refractivity contribution in [2.75, 3.05) is 18.2 Å². The average molecular weight is 708 g/mol. The van der Waals surface area contributed by atoms with Crippen molar-refractivity contribution in [2.45, 2.75) is 50.4 Å². The quantitative estimate of drug-likeness (QED) is 0.176. The minimum atomic E-state index is -5.12. The molecule has 0 unspecified atom stereocenters. The number of rotatable bonds is 9. The maximum atomic E-state index is 13.3. The molecule has 0 saturated carbocycles. The molecule has 0 aliphatic rings. The highest BCUT2D eigenvalue weighted by Gasteiger charge is 2.35. The van der Waals surface area contributed by atoms with Gasteiger partial charge in [0.25, 0.3) is 5.91 Å². The molecule has 1 amide bonds. The summed E-state index contributed by atoms with van der Waals surface area (Å²) in [5, 5.41) is 3.59. The van der Waals surface area contributed by atoms with Crippen LogP contribution in [-0.4, -0.2) is 39.7 Å². The third-order valence-corrected chi connectivity index (χ3v) is 10.9. The predicted molar refractivity (Wildman–Crippen MR) is 166 cm³/mol. The summed E-state index contributed by atoms with van der Waals surface area (Å²) < 4.78 is 110. The van der Waals surface area contributed by atoms with Gasteiger partial charge in [0.05, 0.1) is 9.62 Å². The van der Waals surface area contributed by atoms with Gasteiger partial charge in [0, 0.05) is 33.1 Å². The van der Waals surface area contributed by atoms with Crippen molar-refractivity contribution in [2.24, 2.45) is 0 Å². The molecule has 0 saturated heterocycles. The van der Waals surface area contributed by atoms with Crippen LogP contribution in [0.1, 0.15) is 54.1 Å². The number of halogens is 7. The molecule has 0 fully saturated rings. The van der Waals surface area contributed by atoms with Gasteiger partial charge < -0.3 is 14.8 Å². The normalized spacial score (nSPS) is 13.1. The zero-order chi connectivity index (χ0) is 34.5. The summed E-state index contributed by atoms with van der Waals surface area (Å²) in [5.41, 5.74) is 0.152. The molecule has 0 spiro atoms. The molecule has 0 atom stereocenters. The molecule has 248 valence electrons. The Kier molecular flexibility index (Phi) is 9.43. The summed E-state index contributed by atoms with van der Waals surface area (Å²) in [6.07, 6.45) is -8.70. The van der Waals surface area contributed by atoms with Crippen molar-refractivity contribution in [3.8, 4) is 11.5 Å². The predicted octanol–water partition coefficient (Wildman–Crippen LogP) is 9.25. The van der Waals surface area contributed by atoms with Crippen molar-refractivity contribution in [3.63, 3.8) is 0 Å². The van der Waals surface area contributed by atoms with Gasteiger partial charge in [-0.1, -0.05) is 31.5 Å². The van der Waals surface area contributed by atoms with Crippen LogP contribution >= 0.6 is 22.9 Å². The molecule has 0 bridgehead atoms. The van der Waals surface area contributed by atoms with Crippen molar-refractivity contribution in [1.82, 2.24) is 0 Å². The first-order chi connectivity index (χ1) is 20.9. The van der Waals surface area contributed by atoms with E-state index in [1.54, 1.807) is 52.0 Å². The standard InChI is InChI=1S/C31H28ClF6NO5S2/c1-28(2,20-12-23(43-16-30(33,34)35)15-24(13-20)44-31(36,37)38)19-10-21(32)14-22(11-19)39-27(40)26-9-17-8-18(6-7-25(17)45-26)29(3,4)46(5,41)42/h6-15H,16H2,1-5H3,(H,39,40). The fourth-order valence-electron chi connectivity index (χ4n) is 4.50. The maximum Gasteiger partial charge on any atom is 0.573 e. The van der Waals surface area contributed by atoms with E-state index in [9.17, 15) is 39.6 Å². The number of sulfone groups is 1. The van der Waals surface area contributed by atoms with Gasteiger partial charge in [0.15, 0.2) is 16.4 Å². The lowest BCUT2D eigenvalue weighted by Gasteiger charge is -2.28. The Hall–Kier alpha value is -3.49. The monoisotopic (exact) mass is 707 g/mol. The van der Waals surface area contributed by atoms with E-state index in [1.807, 2.05) is 0 Å². The van der Waals surface area contributed by atoms with Crippen molar-refractivity contribution < 1.29 is 49.0 Å². The van der Waals surface area contributed by atoms with Crippen LogP contribution in [0.15, 0.2) is 60.7 Å². The van der Waals surface area contributed by atoms with E-state index in [1.165, 1.54) is 35.6 Å². The number of hydrogen-bond acceptors (Lipinski definition) is 6. The Morgan fingerprint density at radius 2 is 1.48 bits per heavy atom. The lowest BCUT2D eigenvalue weighted by molar-refractivity contribution is -0.274. The number of carbonyl (C=O) groups is 1. The van der Waals surface area contributed by atoms with Crippen LogP contribution in [0.3, 0.4) is 0 Å². The number of benzene rings is 3. The van der Waals surface area contributed by atoms with Crippen molar-refractivity contribution in [1.29, 1.82) is 0 Å². The van der Waals surface area contributed by atoms with Crippen LogP contribution < -0.4 is 14.8 Å². The molecule has 0 radical (unpaired) electrons. The number of alkyl halides is 6. The van der Waals surface area contributed by atoms with Gasteiger partial charge in [-0.3, -0.25) is 4.79 Å².